The molecule has 0 amide bonds. The van der Waals surface area contributed by atoms with E-state index in [0.717, 1.165) is 32.1 Å². The molecule has 0 spiro atoms. The van der Waals surface area contributed by atoms with Gasteiger partial charge in [0.05, 0.1) is 42.5 Å². The lowest BCUT2D eigenvalue weighted by molar-refractivity contribution is -0.0985. The monoisotopic (exact) mass is 1110 g/mol. The van der Waals surface area contributed by atoms with Crippen LogP contribution < -0.4 is 18.9 Å². The fraction of sp³-hybridized carbons (Fsp3) is 0.414. The van der Waals surface area contributed by atoms with Gasteiger partial charge in [0.1, 0.15) is 84.9 Å². The van der Waals surface area contributed by atoms with Crippen molar-refractivity contribution >= 4 is 19.3 Å². The third-order valence-electron chi connectivity index (χ3n) is 11.9. The minimum absolute atomic E-state index is 0. The number of hydrogen-bond donors (Lipinski definition) is 2. The molecule has 0 aliphatic carbocycles. The molecule has 0 aromatic heterocycles. The first-order valence-electron chi connectivity index (χ1n) is 25.4. The molecule has 4 aliphatic rings. The van der Waals surface area contributed by atoms with Crippen molar-refractivity contribution in [2.75, 3.05) is 39.6 Å². The van der Waals surface area contributed by atoms with E-state index in [1.807, 2.05) is 0 Å². The summed E-state index contributed by atoms with van der Waals surface area (Å²) in [5.74, 6) is 13.3. The van der Waals surface area contributed by atoms with E-state index in [4.69, 9.17) is 52.6 Å². The maximum absolute atomic E-state index is 12.8. The van der Waals surface area contributed by atoms with Crippen molar-refractivity contribution in [3.63, 3.8) is 0 Å². The van der Waals surface area contributed by atoms with Crippen LogP contribution in [0.25, 0.3) is 0 Å². The largest absolute Gasteiger partial charge is 0.491 e. The second kappa shape index (κ2) is 32.9. The Morgan fingerprint density at radius 1 is 0.506 bits per heavy atom. The van der Waals surface area contributed by atoms with E-state index in [1.165, 1.54) is 60.7 Å². The lowest BCUT2D eigenvalue weighted by Crippen LogP contribution is -2.24. The zero-order valence-electron chi connectivity index (χ0n) is 42.4. The molecule has 19 heteroatoms. The van der Waals surface area contributed by atoms with Gasteiger partial charge >= 0.3 is 0 Å². The third-order valence-corrected chi connectivity index (χ3v) is 14.1. The van der Waals surface area contributed by atoms with E-state index in [1.54, 1.807) is 66.7 Å². The number of aliphatic hydroxyl groups excluding tert-OH is 2. The Bertz CT molecular complexity index is 2710. The average molecular weight is 1110 g/mol. The minimum atomic E-state index is -3.49. The van der Waals surface area contributed by atoms with Crippen LogP contribution in [-0.4, -0.2) is 107 Å². The van der Waals surface area contributed by atoms with E-state index < -0.39 is 21.6 Å². The summed E-state index contributed by atoms with van der Waals surface area (Å²) < 4.78 is 125. The second-order valence-corrected chi connectivity index (χ2v) is 20.3. The van der Waals surface area contributed by atoms with Gasteiger partial charge in [-0.05, 0) is 154 Å². The van der Waals surface area contributed by atoms with Crippen LogP contribution in [0.4, 0.5) is 17.6 Å². The number of benzene rings is 5. The Hall–Kier alpha value is -5.76. The van der Waals surface area contributed by atoms with Crippen LogP contribution in [0.2, 0.25) is 0 Å². The molecule has 2 N–H and O–H groups in total. The Kier molecular flexibility index (Phi) is 25.8. The van der Waals surface area contributed by atoms with Crippen molar-refractivity contribution < 1.29 is 80.0 Å². The predicted molar refractivity (Wildman–Crippen MR) is 285 cm³/mol. The van der Waals surface area contributed by atoms with Crippen LogP contribution >= 0.6 is 9.47 Å². The van der Waals surface area contributed by atoms with E-state index in [-0.39, 0.29) is 79.4 Å². The minimum Gasteiger partial charge on any atom is -0.491 e. The quantitative estimate of drug-likeness (QED) is 0.0393. The molecule has 416 valence electrons. The molecule has 0 bridgehead atoms. The summed E-state index contributed by atoms with van der Waals surface area (Å²) in [6.07, 6.45) is 6.32. The Labute approximate surface area is 452 Å². The molecule has 4 aliphatic heterocycles. The summed E-state index contributed by atoms with van der Waals surface area (Å²) in [5, 5.41) is 17.7. The molecule has 77 heavy (non-hydrogen) atoms. The van der Waals surface area contributed by atoms with E-state index in [0.29, 0.717) is 81.5 Å². The van der Waals surface area contributed by atoms with Gasteiger partial charge in [-0.1, -0.05) is 41.9 Å². The van der Waals surface area contributed by atoms with E-state index in [9.17, 15) is 26.0 Å². The predicted octanol–water partition coefficient (Wildman–Crippen LogP) is 10.2. The molecule has 0 saturated carbocycles. The number of hydrogen-bond acceptors (Lipinski definition) is 13. The van der Waals surface area contributed by atoms with Gasteiger partial charge in [0.25, 0.3) is 0 Å². The summed E-state index contributed by atoms with van der Waals surface area (Å²) in [7, 11) is -1.28. The maximum atomic E-state index is 12.8. The zero-order valence-corrected chi connectivity index (χ0v) is 44.4. The highest BCUT2D eigenvalue weighted by Gasteiger charge is 2.36. The Balaban J connectivity index is 0.000000193. The first kappa shape index (κ1) is 60.5. The number of sulfone groups is 1. The molecule has 4 heterocycles. The van der Waals surface area contributed by atoms with Gasteiger partial charge in [0, 0.05) is 30.2 Å². The van der Waals surface area contributed by atoms with Gasteiger partial charge in [-0.3, -0.25) is 0 Å². The smallest absolute Gasteiger partial charge is 0.205 e. The molecule has 7 unspecified atom stereocenters. The fourth-order valence-corrected chi connectivity index (χ4v) is 9.59. The molecule has 9 rings (SSSR count). The summed E-state index contributed by atoms with van der Waals surface area (Å²) in [6.45, 7) is 2.25. The fourth-order valence-electron chi connectivity index (χ4n) is 7.88. The van der Waals surface area contributed by atoms with Crippen molar-refractivity contribution in [3.05, 3.63) is 151 Å². The van der Waals surface area contributed by atoms with E-state index in [2.05, 4.69) is 33.1 Å². The summed E-state index contributed by atoms with van der Waals surface area (Å²) in [6, 6.07) is 31.7. The zero-order chi connectivity index (χ0) is 54.7. The van der Waals surface area contributed by atoms with Crippen LogP contribution in [0.5, 0.6) is 23.0 Å². The highest BCUT2D eigenvalue weighted by Crippen LogP contribution is 2.30. The standard InChI is InChI=1S/C17H17FO4S.C15H18FO3P.C15H17FO3.C11H13FO3.H2/c18-13-6-8-14(9-7-13)21-12-15-10-11-17(22-15)23(19,20)16-4-2-1-3-5-16;16-12-4-6-13(7-5-12)17-11-15-9-8-14(19-15)3-1-2-10-18-20;16-12-4-6-13(7-5-12)18-11-15-9-8-14(19-15)3-1-2-10-17;12-8-1-3-9(4-2-8)14-7-10-5-6-11(13)15-10;/h1-9,15,17H,10-12H2;4-7,14-15H,2,8-11,20H2;4-7,14-15,17H,2,8-11H2;1-4,10-11,13H,5-7H2;1H/t;;14?,15-;10-,11?;/m..00./s1/i;;;;1+2. The topological polar surface area (TPSA) is 158 Å². The average Bonchev–Trinajstić information content (AvgIpc) is 4.30. The van der Waals surface area contributed by atoms with Gasteiger partial charge in [-0.25, -0.2) is 26.0 Å². The molecule has 4 fully saturated rings. The maximum Gasteiger partial charge on any atom is 0.205 e. The van der Waals surface area contributed by atoms with Gasteiger partial charge in [-0.15, -0.1) is 0 Å². The number of aliphatic hydroxyl groups is 2. The van der Waals surface area contributed by atoms with Crippen LogP contribution in [-0.2, 0) is 33.3 Å². The van der Waals surface area contributed by atoms with Gasteiger partial charge < -0.3 is 52.6 Å². The highest BCUT2D eigenvalue weighted by molar-refractivity contribution is 7.92. The van der Waals surface area contributed by atoms with Crippen molar-refractivity contribution in [2.45, 2.75) is 117 Å². The molecule has 5 aromatic carbocycles. The molecule has 4 saturated heterocycles. The van der Waals surface area contributed by atoms with Crippen LogP contribution in [0.3, 0.4) is 0 Å². The highest BCUT2D eigenvalue weighted by atomic mass is 32.2. The SMILES string of the molecule is Fc1ccc(OCC2CCC(C#CCCOP)O2)cc1.O=S(=O)(c1ccccc1)C1CCC(COc2ccc(F)cc2)O1.OC1CC[C@@H](COc2ccc(F)cc2)O1.OCCC#CC1CC[C@@H](COc2ccc(F)cc2)O1.[3HH]. The Morgan fingerprint density at radius 2 is 0.883 bits per heavy atom. The van der Waals surface area contributed by atoms with Crippen molar-refractivity contribution in [2.24, 2.45) is 0 Å². The number of ether oxygens (including phenoxy) is 8. The van der Waals surface area contributed by atoms with Crippen LogP contribution in [0, 0.1) is 47.0 Å². The van der Waals surface area contributed by atoms with Crippen molar-refractivity contribution in [1.82, 2.24) is 0 Å². The molecule has 9 atom stereocenters. The second-order valence-electron chi connectivity index (χ2n) is 17.9. The molecule has 0 radical (unpaired) electrons. The van der Waals surface area contributed by atoms with Crippen LogP contribution in [0.15, 0.2) is 132 Å². The van der Waals surface area contributed by atoms with Gasteiger partial charge in [-0.2, -0.15) is 0 Å². The number of halogens is 4. The lowest BCUT2D eigenvalue weighted by Gasteiger charge is -2.15. The molecular formula is C58H67F4O13PS. The summed E-state index contributed by atoms with van der Waals surface area (Å²) in [5.41, 5.74) is -0.841. The van der Waals surface area contributed by atoms with Crippen molar-refractivity contribution in [1.29, 1.82) is 0 Å². The van der Waals surface area contributed by atoms with Crippen molar-refractivity contribution in [3.8, 4) is 46.7 Å². The first-order chi connectivity index (χ1) is 37.3. The lowest BCUT2D eigenvalue weighted by atomic mass is 10.2. The first-order valence-corrected chi connectivity index (χ1v) is 27.4. The molecular weight excluding hydrogens is 1040 g/mol. The molecule has 5 aromatic rings. The summed E-state index contributed by atoms with van der Waals surface area (Å²) >= 11 is 0. The van der Waals surface area contributed by atoms with Gasteiger partial charge in [0.15, 0.2) is 11.7 Å². The molecule has 13 nitrogen and oxygen atoms in total. The third kappa shape index (κ3) is 22.3. The van der Waals surface area contributed by atoms with Gasteiger partial charge in [0.2, 0.25) is 9.84 Å². The normalized spacial score (nSPS) is 22.2. The Morgan fingerprint density at radius 3 is 1.27 bits per heavy atom. The van der Waals surface area contributed by atoms with Crippen LogP contribution in [0.1, 0.15) is 65.6 Å². The van der Waals surface area contributed by atoms with E-state index >= 15 is 0 Å². The summed E-state index contributed by atoms with van der Waals surface area (Å²) in [4.78, 5) is 0.269. The number of rotatable bonds is 17.